The maximum atomic E-state index is 11.8. The number of para-hydroxylation sites is 1. The number of benzene rings is 1. The molecule has 0 radical (unpaired) electrons. The molecule has 0 unspecified atom stereocenters. The lowest BCUT2D eigenvalue weighted by atomic mass is 10.2. The van der Waals surface area contributed by atoms with Crippen LogP contribution in [-0.2, 0) is 25.8 Å². The standard InChI is InChI=1S/C11H19N3O4S2/c1-14(2)20(17,18)8-7-13-19(15,16)9-10-5-3-4-6-11(10)12/h3-6,13H,7-9,12H2,1-2H3. The Morgan fingerprint density at radius 2 is 1.75 bits per heavy atom. The fourth-order valence-corrected chi connectivity index (χ4v) is 3.47. The highest BCUT2D eigenvalue weighted by Gasteiger charge is 2.17. The molecule has 0 atom stereocenters. The summed E-state index contributed by atoms with van der Waals surface area (Å²) in [5.41, 5.74) is 6.54. The summed E-state index contributed by atoms with van der Waals surface area (Å²) in [4.78, 5) is 0. The third-order valence-electron chi connectivity index (χ3n) is 2.64. The highest BCUT2D eigenvalue weighted by Crippen LogP contribution is 2.13. The molecule has 0 heterocycles. The van der Waals surface area contributed by atoms with Crippen LogP contribution in [0.15, 0.2) is 24.3 Å². The van der Waals surface area contributed by atoms with Gasteiger partial charge in [0, 0.05) is 26.3 Å². The van der Waals surface area contributed by atoms with Crippen molar-refractivity contribution in [3.8, 4) is 0 Å². The second kappa shape index (κ2) is 6.53. The van der Waals surface area contributed by atoms with E-state index in [1.807, 2.05) is 0 Å². The van der Waals surface area contributed by atoms with E-state index < -0.39 is 20.0 Å². The Labute approximate surface area is 119 Å². The molecule has 114 valence electrons. The Hall–Kier alpha value is -1.16. The van der Waals surface area contributed by atoms with E-state index in [0.29, 0.717) is 11.3 Å². The Morgan fingerprint density at radius 3 is 2.30 bits per heavy atom. The second-order valence-corrected chi connectivity index (χ2v) is 8.56. The van der Waals surface area contributed by atoms with Crippen molar-refractivity contribution in [2.45, 2.75) is 5.75 Å². The van der Waals surface area contributed by atoms with Crippen LogP contribution in [0.4, 0.5) is 5.69 Å². The third kappa shape index (κ3) is 5.08. The van der Waals surface area contributed by atoms with Gasteiger partial charge in [0.25, 0.3) is 0 Å². The average molecular weight is 321 g/mol. The fraction of sp³-hybridized carbons (Fsp3) is 0.455. The van der Waals surface area contributed by atoms with Gasteiger partial charge in [-0.25, -0.2) is 25.9 Å². The number of nitrogens with one attached hydrogen (secondary N) is 1. The van der Waals surface area contributed by atoms with Gasteiger partial charge in [0.1, 0.15) is 0 Å². The van der Waals surface area contributed by atoms with E-state index in [9.17, 15) is 16.8 Å². The third-order valence-corrected chi connectivity index (χ3v) is 5.81. The summed E-state index contributed by atoms with van der Waals surface area (Å²) < 4.78 is 50.0. The van der Waals surface area contributed by atoms with Gasteiger partial charge in [-0.15, -0.1) is 0 Å². The molecular weight excluding hydrogens is 302 g/mol. The minimum absolute atomic E-state index is 0.171. The molecule has 0 aromatic heterocycles. The van der Waals surface area contributed by atoms with E-state index in [2.05, 4.69) is 4.72 Å². The van der Waals surface area contributed by atoms with Crippen molar-refractivity contribution in [1.29, 1.82) is 0 Å². The van der Waals surface area contributed by atoms with Gasteiger partial charge in [-0.3, -0.25) is 0 Å². The van der Waals surface area contributed by atoms with Crippen LogP contribution < -0.4 is 10.5 Å². The van der Waals surface area contributed by atoms with Gasteiger partial charge in [0.15, 0.2) is 0 Å². The molecule has 1 aromatic rings. The zero-order valence-corrected chi connectivity index (χ0v) is 13.0. The van der Waals surface area contributed by atoms with Gasteiger partial charge in [-0.05, 0) is 11.6 Å². The van der Waals surface area contributed by atoms with Crippen LogP contribution in [0.5, 0.6) is 0 Å². The molecule has 0 saturated heterocycles. The summed E-state index contributed by atoms with van der Waals surface area (Å²) in [5, 5.41) is 0. The molecular formula is C11H19N3O4S2. The first kappa shape index (κ1) is 16.9. The van der Waals surface area contributed by atoms with E-state index in [-0.39, 0.29) is 18.1 Å². The highest BCUT2D eigenvalue weighted by atomic mass is 32.2. The van der Waals surface area contributed by atoms with E-state index in [1.54, 1.807) is 24.3 Å². The molecule has 1 aromatic carbocycles. The van der Waals surface area contributed by atoms with Crippen LogP contribution in [0, 0.1) is 0 Å². The van der Waals surface area contributed by atoms with Crippen LogP contribution in [0.3, 0.4) is 0 Å². The Kier molecular flexibility index (Phi) is 5.51. The minimum Gasteiger partial charge on any atom is -0.398 e. The van der Waals surface area contributed by atoms with Gasteiger partial charge in [0.05, 0.1) is 11.5 Å². The van der Waals surface area contributed by atoms with Crippen molar-refractivity contribution in [2.75, 3.05) is 32.1 Å². The maximum Gasteiger partial charge on any atom is 0.215 e. The first-order valence-electron chi connectivity index (χ1n) is 5.85. The van der Waals surface area contributed by atoms with Gasteiger partial charge in [-0.1, -0.05) is 18.2 Å². The van der Waals surface area contributed by atoms with Crippen molar-refractivity contribution in [3.63, 3.8) is 0 Å². The van der Waals surface area contributed by atoms with Gasteiger partial charge >= 0.3 is 0 Å². The second-order valence-electron chi connectivity index (χ2n) is 4.45. The molecule has 0 aliphatic carbocycles. The first-order chi connectivity index (χ1) is 9.14. The van der Waals surface area contributed by atoms with Crippen molar-refractivity contribution in [2.24, 2.45) is 0 Å². The lowest BCUT2D eigenvalue weighted by Gasteiger charge is -2.12. The summed E-state index contributed by atoms with van der Waals surface area (Å²) in [6.07, 6.45) is 0. The lowest BCUT2D eigenvalue weighted by Crippen LogP contribution is -2.34. The number of sulfonamides is 2. The summed E-state index contributed by atoms with van der Waals surface area (Å²) in [5.74, 6) is -0.564. The summed E-state index contributed by atoms with van der Waals surface area (Å²) in [6.45, 7) is -0.171. The molecule has 1 rings (SSSR count). The molecule has 0 saturated carbocycles. The zero-order chi connectivity index (χ0) is 15.4. The number of nitrogens with zero attached hydrogens (tertiary/aromatic N) is 1. The Bertz CT molecular complexity index is 654. The van der Waals surface area contributed by atoms with E-state index in [0.717, 1.165) is 4.31 Å². The highest BCUT2D eigenvalue weighted by molar-refractivity contribution is 7.89. The van der Waals surface area contributed by atoms with Gasteiger partial charge in [-0.2, -0.15) is 0 Å². The molecule has 0 spiro atoms. The topological polar surface area (TPSA) is 110 Å². The van der Waals surface area contributed by atoms with Crippen molar-refractivity contribution < 1.29 is 16.8 Å². The van der Waals surface area contributed by atoms with Crippen LogP contribution in [0.2, 0.25) is 0 Å². The largest absolute Gasteiger partial charge is 0.398 e. The first-order valence-corrected chi connectivity index (χ1v) is 9.11. The number of hydrogen-bond acceptors (Lipinski definition) is 5. The molecule has 20 heavy (non-hydrogen) atoms. The molecule has 7 nitrogen and oxygen atoms in total. The predicted octanol–water partition coefficient (Wildman–Crippen LogP) is -0.420. The van der Waals surface area contributed by atoms with Crippen LogP contribution >= 0.6 is 0 Å². The Morgan fingerprint density at radius 1 is 1.15 bits per heavy atom. The lowest BCUT2D eigenvalue weighted by molar-refractivity contribution is 0.519. The molecule has 3 N–H and O–H groups in total. The number of nitrogen functional groups attached to an aromatic ring is 1. The van der Waals surface area contributed by atoms with Gasteiger partial charge in [0.2, 0.25) is 20.0 Å². The van der Waals surface area contributed by atoms with Crippen LogP contribution in [0.25, 0.3) is 0 Å². The van der Waals surface area contributed by atoms with E-state index in [4.69, 9.17) is 5.73 Å². The Balaban J connectivity index is 2.62. The fourth-order valence-electron chi connectivity index (χ4n) is 1.43. The molecule has 0 aliphatic rings. The van der Waals surface area contributed by atoms with E-state index >= 15 is 0 Å². The number of rotatable bonds is 7. The molecule has 0 fully saturated rings. The maximum absolute atomic E-state index is 11.8. The quantitative estimate of drug-likeness (QED) is 0.663. The molecule has 0 bridgehead atoms. The molecule has 9 heteroatoms. The van der Waals surface area contributed by atoms with Gasteiger partial charge < -0.3 is 5.73 Å². The number of anilines is 1. The smallest absolute Gasteiger partial charge is 0.215 e. The monoisotopic (exact) mass is 321 g/mol. The van der Waals surface area contributed by atoms with Crippen molar-refractivity contribution in [3.05, 3.63) is 29.8 Å². The van der Waals surface area contributed by atoms with Crippen LogP contribution in [-0.4, -0.2) is 47.5 Å². The number of hydrogen-bond donors (Lipinski definition) is 2. The summed E-state index contributed by atoms with van der Waals surface area (Å²) in [6, 6.07) is 6.63. The predicted molar refractivity (Wildman–Crippen MR) is 79.0 cm³/mol. The summed E-state index contributed by atoms with van der Waals surface area (Å²) >= 11 is 0. The van der Waals surface area contributed by atoms with E-state index in [1.165, 1.54) is 14.1 Å². The zero-order valence-electron chi connectivity index (χ0n) is 11.4. The SMILES string of the molecule is CN(C)S(=O)(=O)CCNS(=O)(=O)Cc1ccccc1N. The van der Waals surface area contributed by atoms with Crippen LogP contribution in [0.1, 0.15) is 5.56 Å². The normalized spacial score (nSPS) is 12.8. The molecule has 0 amide bonds. The minimum atomic E-state index is -3.62. The van der Waals surface area contributed by atoms with Crippen molar-refractivity contribution in [1.82, 2.24) is 9.03 Å². The van der Waals surface area contributed by atoms with Crippen molar-refractivity contribution >= 4 is 25.7 Å². The molecule has 0 aliphatic heterocycles. The average Bonchev–Trinajstić information content (AvgIpc) is 2.31. The summed E-state index contributed by atoms with van der Waals surface area (Å²) in [7, 11) is -4.24. The number of nitrogens with two attached hydrogens (primary N) is 1.